The third-order valence-electron chi connectivity index (χ3n) is 5.30. The molecule has 6 nitrogen and oxygen atoms in total. The Bertz CT molecular complexity index is 789. The summed E-state index contributed by atoms with van der Waals surface area (Å²) in [7, 11) is 0. The van der Waals surface area contributed by atoms with Crippen molar-refractivity contribution < 1.29 is 4.74 Å². The van der Waals surface area contributed by atoms with Gasteiger partial charge in [0.25, 0.3) is 0 Å². The van der Waals surface area contributed by atoms with Gasteiger partial charge in [0.15, 0.2) is 0 Å². The molecule has 144 valence electrons. The lowest BCUT2D eigenvalue weighted by molar-refractivity contribution is 0.134. The minimum atomic E-state index is -0.00347. The summed E-state index contributed by atoms with van der Waals surface area (Å²) in [5.74, 6) is 1.13. The van der Waals surface area contributed by atoms with E-state index < -0.39 is 0 Å². The molecule has 2 fully saturated rings. The van der Waals surface area contributed by atoms with E-state index in [1.165, 1.54) is 18.5 Å². The summed E-state index contributed by atoms with van der Waals surface area (Å²) in [6.45, 7) is 6.29. The Morgan fingerprint density at radius 1 is 1.11 bits per heavy atom. The fourth-order valence-electron chi connectivity index (χ4n) is 3.99. The predicted molar refractivity (Wildman–Crippen MR) is 110 cm³/mol. The van der Waals surface area contributed by atoms with Crippen molar-refractivity contribution in [2.75, 3.05) is 48.4 Å². The fraction of sp³-hybridized carbons (Fsp3) is 0.500. The highest BCUT2D eigenvalue weighted by Crippen LogP contribution is 2.36. The molecule has 1 aromatic carbocycles. The Balaban J connectivity index is 1.73. The molecule has 0 bridgehead atoms. The summed E-state index contributed by atoms with van der Waals surface area (Å²) in [6, 6.07) is 8.32. The molecule has 0 saturated carbocycles. The number of aryl methyl sites for hydroxylation is 1. The molecule has 0 radical (unpaired) electrons. The molecule has 1 aromatic heterocycles. The maximum atomic E-state index is 6.65. The smallest absolute Gasteiger partial charge is 0.222 e. The summed E-state index contributed by atoms with van der Waals surface area (Å²) in [5, 5.41) is 0.761. The number of hydrogen-bond donors (Lipinski definition) is 1. The van der Waals surface area contributed by atoms with Gasteiger partial charge in [0, 0.05) is 48.7 Å². The second kappa shape index (κ2) is 7.90. The van der Waals surface area contributed by atoms with Gasteiger partial charge in [-0.25, -0.2) is 4.98 Å². The number of benzene rings is 1. The van der Waals surface area contributed by atoms with Gasteiger partial charge in [0.05, 0.1) is 12.6 Å². The van der Waals surface area contributed by atoms with Crippen LogP contribution in [0, 0.1) is 6.92 Å². The summed E-state index contributed by atoms with van der Waals surface area (Å²) < 4.78 is 5.91. The number of nitrogens with zero attached hydrogens (tertiary/aromatic N) is 4. The molecule has 2 aromatic rings. The van der Waals surface area contributed by atoms with E-state index in [4.69, 9.17) is 22.1 Å². The van der Waals surface area contributed by atoms with Gasteiger partial charge < -0.3 is 20.3 Å². The number of anilines is 3. The van der Waals surface area contributed by atoms with E-state index in [0.717, 1.165) is 54.8 Å². The third-order valence-corrected chi connectivity index (χ3v) is 5.65. The van der Waals surface area contributed by atoms with Crippen LogP contribution in [0.4, 0.5) is 17.5 Å². The van der Waals surface area contributed by atoms with Gasteiger partial charge in [-0.2, -0.15) is 4.98 Å². The third kappa shape index (κ3) is 3.96. The van der Waals surface area contributed by atoms with Gasteiger partial charge in [-0.15, -0.1) is 0 Å². The van der Waals surface area contributed by atoms with Gasteiger partial charge in [0.2, 0.25) is 5.95 Å². The molecule has 1 atom stereocenters. The lowest BCUT2D eigenvalue weighted by Gasteiger charge is -2.32. The van der Waals surface area contributed by atoms with Crippen molar-refractivity contribution in [3.05, 3.63) is 40.5 Å². The van der Waals surface area contributed by atoms with Crippen LogP contribution in [-0.2, 0) is 4.74 Å². The van der Waals surface area contributed by atoms with Crippen LogP contribution in [-0.4, -0.2) is 42.8 Å². The topological polar surface area (TPSA) is 67.5 Å². The molecular formula is C20H26ClN5O. The molecule has 2 saturated heterocycles. The summed E-state index contributed by atoms with van der Waals surface area (Å²) in [4.78, 5) is 13.4. The molecule has 27 heavy (non-hydrogen) atoms. The molecule has 0 spiro atoms. The second-order valence-corrected chi connectivity index (χ2v) is 7.67. The molecule has 7 heteroatoms. The molecular weight excluding hydrogens is 362 g/mol. The highest BCUT2D eigenvalue weighted by Gasteiger charge is 2.28. The number of rotatable bonds is 3. The summed E-state index contributed by atoms with van der Waals surface area (Å²) >= 11 is 6.65. The first kappa shape index (κ1) is 18.3. The van der Waals surface area contributed by atoms with Crippen LogP contribution in [0.25, 0.3) is 0 Å². The van der Waals surface area contributed by atoms with Crippen LogP contribution >= 0.6 is 11.6 Å². The Morgan fingerprint density at radius 2 is 1.93 bits per heavy atom. The van der Waals surface area contributed by atoms with Gasteiger partial charge in [-0.1, -0.05) is 11.6 Å². The predicted octanol–water partition coefficient (Wildman–Crippen LogP) is 3.59. The van der Waals surface area contributed by atoms with Crippen LogP contribution in [0.2, 0.25) is 5.02 Å². The van der Waals surface area contributed by atoms with Crippen molar-refractivity contribution in [1.29, 1.82) is 0 Å². The zero-order chi connectivity index (χ0) is 18.8. The highest BCUT2D eigenvalue weighted by molar-refractivity contribution is 6.31. The summed E-state index contributed by atoms with van der Waals surface area (Å²) in [6.07, 6.45) is 3.43. The van der Waals surface area contributed by atoms with Crippen LogP contribution in [0.1, 0.15) is 36.6 Å². The van der Waals surface area contributed by atoms with Crippen molar-refractivity contribution in [1.82, 2.24) is 9.97 Å². The van der Waals surface area contributed by atoms with Crippen LogP contribution in [0.15, 0.2) is 24.3 Å². The maximum absolute atomic E-state index is 6.65. The Hall–Kier alpha value is -2.05. The fourth-order valence-corrected chi connectivity index (χ4v) is 4.23. The SMILES string of the molecule is Cc1cc(N2CCCOCC2c2cc(N3CCCC3)ccc2Cl)nc(N)n1. The normalized spacial score (nSPS) is 20.7. The number of halogens is 1. The van der Waals surface area contributed by atoms with E-state index in [1.54, 1.807) is 0 Å². The molecule has 2 aliphatic heterocycles. The number of nitrogen functional groups attached to an aromatic ring is 1. The first-order valence-electron chi connectivity index (χ1n) is 9.62. The van der Waals surface area contributed by atoms with Gasteiger partial charge in [0.1, 0.15) is 5.82 Å². The standard InChI is InChI=1S/C20H26ClN5O/c1-14-11-19(24-20(22)23-14)26-9-4-10-27-13-18(26)16-12-15(5-6-17(16)21)25-7-2-3-8-25/h5-6,11-12,18H,2-4,7-10,13H2,1H3,(H2,22,23,24). The quantitative estimate of drug-likeness (QED) is 0.868. The molecule has 3 heterocycles. The second-order valence-electron chi connectivity index (χ2n) is 7.26. The molecule has 2 aliphatic rings. The van der Waals surface area contributed by atoms with E-state index in [2.05, 4.69) is 31.9 Å². The average Bonchev–Trinajstić information content (AvgIpc) is 3.06. The largest absolute Gasteiger partial charge is 0.379 e. The lowest BCUT2D eigenvalue weighted by Crippen LogP contribution is -2.32. The minimum absolute atomic E-state index is 0.00347. The average molecular weight is 388 g/mol. The molecule has 1 unspecified atom stereocenters. The number of hydrogen-bond acceptors (Lipinski definition) is 6. The first-order valence-corrected chi connectivity index (χ1v) is 9.99. The zero-order valence-electron chi connectivity index (χ0n) is 15.7. The van der Waals surface area contributed by atoms with Gasteiger partial charge in [-0.05, 0) is 49.9 Å². The molecule has 2 N–H and O–H groups in total. The van der Waals surface area contributed by atoms with E-state index >= 15 is 0 Å². The van der Waals surface area contributed by atoms with Crippen molar-refractivity contribution >= 4 is 29.1 Å². The van der Waals surface area contributed by atoms with E-state index in [9.17, 15) is 0 Å². The Labute approximate surface area is 165 Å². The van der Waals surface area contributed by atoms with Gasteiger partial charge in [-0.3, -0.25) is 0 Å². The maximum Gasteiger partial charge on any atom is 0.222 e. The van der Waals surface area contributed by atoms with E-state index in [1.807, 2.05) is 19.1 Å². The van der Waals surface area contributed by atoms with Gasteiger partial charge >= 0.3 is 0 Å². The van der Waals surface area contributed by atoms with Crippen molar-refractivity contribution in [2.24, 2.45) is 0 Å². The van der Waals surface area contributed by atoms with Crippen LogP contribution < -0.4 is 15.5 Å². The van der Waals surface area contributed by atoms with Crippen molar-refractivity contribution in [2.45, 2.75) is 32.2 Å². The van der Waals surface area contributed by atoms with Crippen molar-refractivity contribution in [3.8, 4) is 0 Å². The highest BCUT2D eigenvalue weighted by atomic mass is 35.5. The Kier molecular flexibility index (Phi) is 5.36. The molecule has 0 aliphatic carbocycles. The van der Waals surface area contributed by atoms with Crippen LogP contribution in [0.3, 0.4) is 0 Å². The Morgan fingerprint density at radius 3 is 2.70 bits per heavy atom. The first-order chi connectivity index (χ1) is 13.1. The van der Waals surface area contributed by atoms with E-state index in [-0.39, 0.29) is 6.04 Å². The van der Waals surface area contributed by atoms with Crippen molar-refractivity contribution in [3.63, 3.8) is 0 Å². The molecule has 4 rings (SSSR count). The number of ether oxygens (including phenoxy) is 1. The molecule has 0 amide bonds. The monoisotopic (exact) mass is 387 g/mol. The van der Waals surface area contributed by atoms with E-state index in [0.29, 0.717) is 12.6 Å². The number of aromatic nitrogens is 2. The number of nitrogens with two attached hydrogens (primary N) is 1. The zero-order valence-corrected chi connectivity index (χ0v) is 16.5. The summed E-state index contributed by atoms with van der Waals surface area (Å²) in [5.41, 5.74) is 9.09. The minimum Gasteiger partial charge on any atom is -0.379 e. The van der Waals surface area contributed by atoms with Crippen LogP contribution in [0.5, 0.6) is 0 Å². The lowest BCUT2D eigenvalue weighted by atomic mass is 10.0.